The summed E-state index contributed by atoms with van der Waals surface area (Å²) in [5.74, 6) is 1.90. The molecule has 4 rings (SSSR count). The van der Waals surface area contributed by atoms with Gasteiger partial charge in [-0.15, -0.1) is 0 Å². The van der Waals surface area contributed by atoms with Gasteiger partial charge in [0.15, 0.2) is 5.96 Å². The van der Waals surface area contributed by atoms with Crippen LogP contribution in [0.15, 0.2) is 29.3 Å². The minimum Gasteiger partial charge on any atom is -0.378 e. The quantitative estimate of drug-likeness (QED) is 0.574. The SMILES string of the molecule is CCc1nsc(N2CCN(C(=NC)NCc3ccccc3N3CCOCC3)CC2)n1. The summed E-state index contributed by atoms with van der Waals surface area (Å²) in [4.78, 5) is 16.2. The molecule has 2 aliphatic heterocycles. The van der Waals surface area contributed by atoms with Gasteiger partial charge in [-0.1, -0.05) is 25.1 Å². The Labute approximate surface area is 182 Å². The molecule has 0 aliphatic carbocycles. The highest BCUT2D eigenvalue weighted by Gasteiger charge is 2.22. The summed E-state index contributed by atoms with van der Waals surface area (Å²) in [6.45, 7) is 10.0. The predicted molar refractivity (Wildman–Crippen MR) is 123 cm³/mol. The second kappa shape index (κ2) is 10.1. The third-order valence-corrected chi connectivity index (χ3v) is 6.43. The van der Waals surface area contributed by atoms with Crippen LogP contribution in [0.3, 0.4) is 0 Å². The predicted octanol–water partition coefficient (Wildman–Crippen LogP) is 1.83. The smallest absolute Gasteiger partial charge is 0.205 e. The van der Waals surface area contributed by atoms with Gasteiger partial charge in [-0.25, -0.2) is 4.98 Å². The maximum Gasteiger partial charge on any atom is 0.205 e. The van der Waals surface area contributed by atoms with Crippen LogP contribution in [0.1, 0.15) is 18.3 Å². The number of aliphatic imine (C=N–C) groups is 1. The molecule has 2 aliphatic rings. The largest absolute Gasteiger partial charge is 0.378 e. The summed E-state index contributed by atoms with van der Waals surface area (Å²) in [7, 11) is 1.86. The number of piperazine rings is 1. The highest BCUT2D eigenvalue weighted by atomic mass is 32.1. The zero-order valence-corrected chi connectivity index (χ0v) is 18.7. The number of nitrogens with one attached hydrogen (secondary N) is 1. The monoisotopic (exact) mass is 429 g/mol. The van der Waals surface area contributed by atoms with Crippen molar-refractivity contribution >= 4 is 28.3 Å². The van der Waals surface area contributed by atoms with Crippen molar-refractivity contribution in [2.24, 2.45) is 4.99 Å². The van der Waals surface area contributed by atoms with E-state index in [4.69, 9.17) is 4.74 Å². The molecule has 0 saturated carbocycles. The molecular weight excluding hydrogens is 398 g/mol. The first-order valence-electron chi connectivity index (χ1n) is 10.7. The second-order valence-electron chi connectivity index (χ2n) is 7.45. The van der Waals surface area contributed by atoms with Crippen LogP contribution in [-0.4, -0.2) is 79.7 Å². The molecule has 8 nitrogen and oxygen atoms in total. The van der Waals surface area contributed by atoms with Gasteiger partial charge in [-0.3, -0.25) is 4.99 Å². The van der Waals surface area contributed by atoms with Gasteiger partial charge in [0.2, 0.25) is 5.13 Å². The first-order valence-corrected chi connectivity index (χ1v) is 11.5. The average molecular weight is 430 g/mol. The first-order chi connectivity index (χ1) is 14.8. The maximum absolute atomic E-state index is 5.51. The molecule has 9 heteroatoms. The topological polar surface area (TPSA) is 69.1 Å². The van der Waals surface area contributed by atoms with Gasteiger partial charge in [0.05, 0.1) is 13.2 Å². The molecule has 162 valence electrons. The fraction of sp³-hybridized carbons (Fsp3) is 0.571. The number of morpholine rings is 1. The molecule has 1 N–H and O–H groups in total. The minimum absolute atomic E-state index is 0.761. The van der Waals surface area contributed by atoms with Crippen molar-refractivity contribution in [3.8, 4) is 0 Å². The average Bonchev–Trinajstić information content (AvgIpc) is 3.30. The van der Waals surface area contributed by atoms with Gasteiger partial charge in [0, 0.05) is 76.5 Å². The van der Waals surface area contributed by atoms with Crippen molar-refractivity contribution in [2.75, 3.05) is 69.3 Å². The van der Waals surface area contributed by atoms with Gasteiger partial charge >= 0.3 is 0 Å². The number of anilines is 2. The number of guanidine groups is 1. The van der Waals surface area contributed by atoms with Crippen molar-refractivity contribution in [3.63, 3.8) is 0 Å². The molecule has 2 fully saturated rings. The van der Waals surface area contributed by atoms with E-state index >= 15 is 0 Å². The Morgan fingerprint density at radius 1 is 1.10 bits per heavy atom. The summed E-state index contributed by atoms with van der Waals surface area (Å²) in [6, 6.07) is 8.62. The van der Waals surface area contributed by atoms with Crippen molar-refractivity contribution in [1.82, 2.24) is 19.6 Å². The molecule has 2 saturated heterocycles. The molecule has 0 unspecified atom stereocenters. The van der Waals surface area contributed by atoms with E-state index < -0.39 is 0 Å². The van der Waals surface area contributed by atoms with Gasteiger partial charge in [-0.2, -0.15) is 4.37 Å². The highest BCUT2D eigenvalue weighted by molar-refractivity contribution is 7.09. The van der Waals surface area contributed by atoms with Gasteiger partial charge in [0.25, 0.3) is 0 Å². The molecule has 1 aromatic heterocycles. The molecule has 0 radical (unpaired) electrons. The van der Waals surface area contributed by atoms with Crippen molar-refractivity contribution < 1.29 is 4.74 Å². The van der Waals surface area contributed by atoms with Crippen molar-refractivity contribution in [3.05, 3.63) is 35.7 Å². The number of hydrogen-bond donors (Lipinski definition) is 1. The molecular formula is C21H31N7OS. The Kier molecular flexibility index (Phi) is 7.01. The number of benzene rings is 1. The highest BCUT2D eigenvalue weighted by Crippen LogP contribution is 2.22. The summed E-state index contributed by atoms with van der Waals surface area (Å²) in [5.41, 5.74) is 2.58. The molecule has 0 atom stereocenters. The fourth-order valence-electron chi connectivity index (χ4n) is 3.91. The van der Waals surface area contributed by atoms with Crippen LogP contribution in [0.4, 0.5) is 10.8 Å². The summed E-state index contributed by atoms with van der Waals surface area (Å²) in [5, 5.41) is 4.61. The lowest BCUT2D eigenvalue weighted by atomic mass is 10.1. The third kappa shape index (κ3) is 4.84. The first kappa shape index (κ1) is 20.9. The van der Waals surface area contributed by atoms with E-state index in [1.54, 1.807) is 0 Å². The molecule has 3 heterocycles. The minimum atomic E-state index is 0.761. The standard InChI is InChI=1S/C21H31N7OS/c1-3-19-24-21(30-25-19)28-10-8-27(9-11-28)20(22-2)23-16-17-6-4-5-7-18(17)26-12-14-29-15-13-26/h4-7H,3,8-16H2,1-2H3,(H,22,23). The van der Waals surface area contributed by atoms with E-state index in [0.717, 1.165) is 82.4 Å². The molecule has 0 bridgehead atoms. The van der Waals surface area contributed by atoms with E-state index in [9.17, 15) is 0 Å². The molecule has 1 aromatic carbocycles. The van der Waals surface area contributed by atoms with Gasteiger partial charge < -0.3 is 24.8 Å². The van der Waals surface area contributed by atoms with Crippen molar-refractivity contribution in [2.45, 2.75) is 19.9 Å². The van der Waals surface area contributed by atoms with E-state index in [1.165, 1.54) is 22.8 Å². The van der Waals surface area contributed by atoms with Crippen molar-refractivity contribution in [1.29, 1.82) is 0 Å². The lowest BCUT2D eigenvalue weighted by Gasteiger charge is -2.36. The van der Waals surface area contributed by atoms with E-state index in [-0.39, 0.29) is 0 Å². The molecule has 30 heavy (non-hydrogen) atoms. The van der Waals surface area contributed by atoms with Gasteiger partial charge in [0.1, 0.15) is 5.82 Å². The molecule has 2 aromatic rings. The third-order valence-electron chi connectivity index (χ3n) is 5.62. The van der Waals surface area contributed by atoms with Crippen LogP contribution >= 0.6 is 11.5 Å². The summed E-state index contributed by atoms with van der Waals surface area (Å²) in [6.07, 6.45) is 0.888. The zero-order valence-electron chi connectivity index (χ0n) is 17.9. The number of hydrogen-bond acceptors (Lipinski definition) is 7. The fourth-order valence-corrected chi connectivity index (χ4v) is 4.71. The van der Waals surface area contributed by atoms with Crippen LogP contribution in [0, 0.1) is 0 Å². The Morgan fingerprint density at radius 3 is 2.57 bits per heavy atom. The normalized spacial score (nSPS) is 18.1. The van der Waals surface area contributed by atoms with Gasteiger partial charge in [-0.05, 0) is 11.6 Å². The van der Waals surface area contributed by atoms with E-state index in [1.807, 2.05) is 7.05 Å². The number of nitrogens with zero attached hydrogens (tertiary/aromatic N) is 6. The van der Waals surface area contributed by atoms with Crippen LogP contribution in [0.2, 0.25) is 0 Å². The second-order valence-corrected chi connectivity index (χ2v) is 8.18. The number of ether oxygens (including phenoxy) is 1. The molecule has 0 spiro atoms. The Hall–Kier alpha value is -2.39. The zero-order chi connectivity index (χ0) is 20.8. The Morgan fingerprint density at radius 2 is 1.87 bits per heavy atom. The van der Waals surface area contributed by atoms with Crippen LogP contribution in [-0.2, 0) is 17.7 Å². The van der Waals surface area contributed by atoms with Crippen LogP contribution in [0.25, 0.3) is 0 Å². The lowest BCUT2D eigenvalue weighted by Crippen LogP contribution is -2.52. The van der Waals surface area contributed by atoms with E-state index in [0.29, 0.717) is 0 Å². The lowest BCUT2D eigenvalue weighted by molar-refractivity contribution is 0.122. The number of para-hydroxylation sites is 1. The summed E-state index contributed by atoms with van der Waals surface area (Å²) >= 11 is 1.51. The Bertz CT molecular complexity index is 841. The Balaban J connectivity index is 1.34. The number of rotatable bonds is 5. The van der Waals surface area contributed by atoms with E-state index in [2.05, 4.69) is 65.6 Å². The maximum atomic E-state index is 5.51. The van der Waals surface area contributed by atoms with Crippen LogP contribution < -0.4 is 15.1 Å². The number of aromatic nitrogens is 2. The van der Waals surface area contributed by atoms with Crippen LogP contribution in [0.5, 0.6) is 0 Å². The summed E-state index contributed by atoms with van der Waals surface area (Å²) < 4.78 is 9.93. The molecule has 0 amide bonds. The number of aryl methyl sites for hydroxylation is 1.